The number of para-hydroxylation sites is 1. The molecule has 0 radical (unpaired) electrons. The lowest BCUT2D eigenvalue weighted by Gasteiger charge is -2.22. The number of rotatable bonds is 2. The maximum Gasteiger partial charge on any atom is 0.253 e. The topological polar surface area (TPSA) is 147 Å². The molecular weight excluding hydrogens is 474 g/mol. The number of carbonyl (C=O) groups excluding carboxylic acids is 4. The Balaban J connectivity index is 1.73. The molecular formula is C26H29N7O4. The fraction of sp³-hybridized carbons (Fsp3) is 0.308. The van der Waals surface area contributed by atoms with E-state index in [1.54, 1.807) is 23.6 Å². The molecule has 2 heterocycles. The zero-order chi connectivity index (χ0) is 26.5. The number of amides is 4. The van der Waals surface area contributed by atoms with Crippen LogP contribution in [0.1, 0.15) is 40.1 Å². The summed E-state index contributed by atoms with van der Waals surface area (Å²) in [6.07, 6.45) is 0.253. The fourth-order valence-electron chi connectivity index (χ4n) is 4.21. The highest BCUT2D eigenvalue weighted by molar-refractivity contribution is 6.00. The van der Waals surface area contributed by atoms with Crippen LogP contribution in [0.5, 0.6) is 0 Å². The summed E-state index contributed by atoms with van der Waals surface area (Å²) in [7, 11) is 0. The molecule has 11 heteroatoms. The van der Waals surface area contributed by atoms with Gasteiger partial charge in [-0.05, 0) is 38.0 Å². The third-order valence-electron chi connectivity index (χ3n) is 6.11. The molecule has 0 saturated heterocycles. The van der Waals surface area contributed by atoms with Gasteiger partial charge in [-0.15, -0.1) is 10.2 Å². The summed E-state index contributed by atoms with van der Waals surface area (Å²) >= 11 is 0. The van der Waals surface area contributed by atoms with E-state index in [0.29, 0.717) is 22.9 Å². The smallest absolute Gasteiger partial charge is 0.253 e. The highest BCUT2D eigenvalue weighted by atomic mass is 16.2. The molecule has 11 nitrogen and oxygen atoms in total. The Morgan fingerprint density at radius 3 is 2.38 bits per heavy atom. The highest BCUT2D eigenvalue weighted by Crippen LogP contribution is 2.22. The van der Waals surface area contributed by atoms with Crippen molar-refractivity contribution in [1.82, 2.24) is 36.0 Å². The molecule has 0 fully saturated rings. The molecule has 0 bridgehead atoms. The second-order valence-corrected chi connectivity index (χ2v) is 8.91. The zero-order valence-corrected chi connectivity index (χ0v) is 20.9. The number of carbonyl (C=O) groups is 4. The molecule has 3 aromatic rings. The molecule has 4 N–H and O–H groups in total. The van der Waals surface area contributed by atoms with Crippen molar-refractivity contribution in [2.75, 3.05) is 6.54 Å². The number of hydrogen-bond donors (Lipinski definition) is 4. The van der Waals surface area contributed by atoms with Gasteiger partial charge in [-0.2, -0.15) is 0 Å². The summed E-state index contributed by atoms with van der Waals surface area (Å²) in [6.45, 7) is 4.80. The minimum Gasteiger partial charge on any atom is -0.347 e. The van der Waals surface area contributed by atoms with E-state index in [4.69, 9.17) is 0 Å². The van der Waals surface area contributed by atoms with Gasteiger partial charge in [0, 0.05) is 6.42 Å². The second-order valence-electron chi connectivity index (χ2n) is 8.91. The first-order valence-electron chi connectivity index (χ1n) is 11.9. The average molecular weight is 504 g/mol. The molecule has 2 atom stereocenters. The molecule has 0 saturated carbocycles. The zero-order valence-electron chi connectivity index (χ0n) is 20.9. The van der Waals surface area contributed by atoms with Crippen molar-refractivity contribution in [3.8, 4) is 5.69 Å². The number of aromatic nitrogens is 3. The van der Waals surface area contributed by atoms with Crippen LogP contribution in [0.3, 0.4) is 0 Å². The Morgan fingerprint density at radius 2 is 1.62 bits per heavy atom. The lowest BCUT2D eigenvalue weighted by Crippen LogP contribution is -2.54. The standard InChI is InChI=1S/C26H29N7O4/c1-15-8-7-11-19-23(15)33-17(3)31-32-21(33)13-27-26(37)20(12-18-9-5-4-6-10-18)30-24(35)16(2)29-22(34)14-28-25(19)36/h4-11,16,20H,12-14H2,1-3H3,(H,27,37)(H,28,36)(H,29,34)(H,30,35)/t16-,20-/m0/s1. The molecule has 0 spiro atoms. The van der Waals surface area contributed by atoms with Crippen LogP contribution in [0.25, 0.3) is 5.69 Å². The van der Waals surface area contributed by atoms with Crippen molar-refractivity contribution < 1.29 is 19.2 Å². The van der Waals surface area contributed by atoms with Gasteiger partial charge in [-0.3, -0.25) is 23.7 Å². The van der Waals surface area contributed by atoms with Crippen LogP contribution in [-0.2, 0) is 27.3 Å². The van der Waals surface area contributed by atoms with Gasteiger partial charge in [0.15, 0.2) is 5.82 Å². The van der Waals surface area contributed by atoms with Crippen molar-refractivity contribution in [3.05, 3.63) is 76.9 Å². The largest absolute Gasteiger partial charge is 0.347 e. The molecule has 192 valence electrons. The van der Waals surface area contributed by atoms with Gasteiger partial charge in [-0.25, -0.2) is 0 Å². The lowest BCUT2D eigenvalue weighted by atomic mass is 10.0. The monoisotopic (exact) mass is 503 g/mol. The van der Waals surface area contributed by atoms with E-state index in [9.17, 15) is 19.2 Å². The van der Waals surface area contributed by atoms with E-state index >= 15 is 0 Å². The molecule has 37 heavy (non-hydrogen) atoms. The van der Waals surface area contributed by atoms with E-state index in [2.05, 4.69) is 31.5 Å². The van der Waals surface area contributed by atoms with E-state index < -0.39 is 35.7 Å². The number of nitrogens with one attached hydrogen (secondary N) is 4. The third-order valence-corrected chi connectivity index (χ3v) is 6.11. The third kappa shape index (κ3) is 5.83. The predicted octanol–water partition coefficient (Wildman–Crippen LogP) is 0.476. The lowest BCUT2D eigenvalue weighted by molar-refractivity contribution is -0.131. The Kier molecular flexibility index (Phi) is 7.61. The number of benzene rings is 2. The van der Waals surface area contributed by atoms with Gasteiger partial charge < -0.3 is 21.3 Å². The fourth-order valence-corrected chi connectivity index (χ4v) is 4.21. The van der Waals surface area contributed by atoms with Gasteiger partial charge in [0.25, 0.3) is 5.91 Å². The summed E-state index contributed by atoms with van der Waals surface area (Å²) in [4.78, 5) is 51.7. The second kappa shape index (κ2) is 11.0. The first kappa shape index (κ1) is 25.5. The number of hydrogen-bond acceptors (Lipinski definition) is 6. The number of aryl methyl sites for hydroxylation is 2. The summed E-state index contributed by atoms with van der Waals surface area (Å²) < 4.78 is 1.71. The van der Waals surface area contributed by atoms with Crippen LogP contribution in [0.15, 0.2) is 48.5 Å². The van der Waals surface area contributed by atoms with Crippen molar-refractivity contribution in [3.63, 3.8) is 0 Å². The first-order chi connectivity index (χ1) is 17.7. The van der Waals surface area contributed by atoms with E-state index in [1.807, 2.05) is 43.3 Å². The highest BCUT2D eigenvalue weighted by Gasteiger charge is 2.27. The van der Waals surface area contributed by atoms with Crippen LogP contribution >= 0.6 is 0 Å². The predicted molar refractivity (Wildman–Crippen MR) is 135 cm³/mol. The van der Waals surface area contributed by atoms with E-state index in [1.165, 1.54) is 6.92 Å². The van der Waals surface area contributed by atoms with Crippen molar-refractivity contribution in [1.29, 1.82) is 0 Å². The van der Waals surface area contributed by atoms with Crippen LogP contribution in [0.4, 0.5) is 0 Å². The maximum absolute atomic E-state index is 13.3. The molecule has 4 rings (SSSR count). The van der Waals surface area contributed by atoms with Crippen LogP contribution in [-0.4, -0.2) is 57.0 Å². The van der Waals surface area contributed by atoms with E-state index in [-0.39, 0.29) is 19.5 Å². The SMILES string of the molecule is Cc1cccc2c1-n1c(C)nnc1CNC(=O)[C@H](Cc1ccccc1)NC(=O)[C@H](C)NC(=O)CNC2=O. The van der Waals surface area contributed by atoms with Crippen molar-refractivity contribution in [2.24, 2.45) is 0 Å². The Morgan fingerprint density at radius 1 is 0.865 bits per heavy atom. The Labute approximate surface area is 214 Å². The van der Waals surface area contributed by atoms with Gasteiger partial charge in [0.05, 0.1) is 24.3 Å². The minimum atomic E-state index is -0.927. The molecule has 1 aromatic heterocycles. The average Bonchev–Trinajstić information content (AvgIpc) is 3.24. The maximum atomic E-state index is 13.3. The van der Waals surface area contributed by atoms with Crippen LogP contribution < -0.4 is 21.3 Å². The Hall–Kier alpha value is -4.54. The molecule has 4 amide bonds. The summed E-state index contributed by atoms with van der Waals surface area (Å²) in [5, 5.41) is 19.1. The normalized spacial score (nSPS) is 19.1. The van der Waals surface area contributed by atoms with Crippen molar-refractivity contribution in [2.45, 2.75) is 45.8 Å². The molecule has 1 aliphatic rings. The molecule has 2 aromatic carbocycles. The van der Waals surface area contributed by atoms with Crippen molar-refractivity contribution >= 4 is 23.6 Å². The first-order valence-corrected chi connectivity index (χ1v) is 11.9. The van der Waals surface area contributed by atoms with Gasteiger partial charge in [0.2, 0.25) is 17.7 Å². The molecule has 1 aliphatic heterocycles. The van der Waals surface area contributed by atoms with Crippen LogP contribution in [0.2, 0.25) is 0 Å². The van der Waals surface area contributed by atoms with E-state index in [0.717, 1.165) is 11.1 Å². The quantitative estimate of drug-likeness (QED) is 0.400. The van der Waals surface area contributed by atoms with Gasteiger partial charge in [0.1, 0.15) is 17.9 Å². The Bertz CT molecular complexity index is 1340. The van der Waals surface area contributed by atoms with Gasteiger partial charge in [-0.1, -0.05) is 42.5 Å². The summed E-state index contributed by atoms with van der Waals surface area (Å²) in [5.74, 6) is -1.01. The summed E-state index contributed by atoms with van der Waals surface area (Å²) in [5.41, 5.74) is 2.53. The molecule has 0 aliphatic carbocycles. The van der Waals surface area contributed by atoms with Gasteiger partial charge >= 0.3 is 0 Å². The molecule has 0 unspecified atom stereocenters. The number of nitrogens with zero attached hydrogens (tertiary/aromatic N) is 3. The minimum absolute atomic E-state index is 0.0164. The summed E-state index contributed by atoms with van der Waals surface area (Å²) in [6, 6.07) is 12.7. The van der Waals surface area contributed by atoms with Crippen LogP contribution in [0, 0.1) is 13.8 Å². The number of fused-ring (bicyclic) bond motifs is 3.